The lowest BCUT2D eigenvalue weighted by Gasteiger charge is -2.06. The minimum absolute atomic E-state index is 0.103. The van der Waals surface area contributed by atoms with Crippen molar-refractivity contribution in [1.82, 2.24) is 10.3 Å². The molecule has 0 saturated carbocycles. The summed E-state index contributed by atoms with van der Waals surface area (Å²) in [5, 5.41) is 3.19. The summed E-state index contributed by atoms with van der Waals surface area (Å²) in [5.74, 6) is -1.89. The minimum atomic E-state index is -0.715. The Morgan fingerprint density at radius 1 is 1.07 bits per heavy atom. The van der Waals surface area contributed by atoms with Gasteiger partial charge in [0.25, 0.3) is 11.8 Å². The molecule has 0 atom stereocenters. The van der Waals surface area contributed by atoms with E-state index in [-0.39, 0.29) is 17.0 Å². The van der Waals surface area contributed by atoms with Crippen LogP contribution >= 0.6 is 22.9 Å². The standard InChI is InChI=1S/C19H15ClN2O4S/c20-13-6-2-1-5-12(13)19(25)22-16(23)11-26-18(24)10-9-17-21-14-7-3-4-8-15(14)27-17/h1-8H,9-11H2,(H,22,23,25). The van der Waals surface area contributed by atoms with Gasteiger partial charge in [-0.15, -0.1) is 11.3 Å². The molecule has 138 valence electrons. The molecule has 0 aliphatic heterocycles. The number of hydrogen-bond donors (Lipinski definition) is 1. The molecule has 1 N–H and O–H groups in total. The zero-order valence-electron chi connectivity index (χ0n) is 14.1. The quantitative estimate of drug-likeness (QED) is 0.639. The Hall–Kier alpha value is -2.77. The molecule has 3 aromatic rings. The van der Waals surface area contributed by atoms with Crippen molar-refractivity contribution in [3.63, 3.8) is 0 Å². The number of hydrogen-bond acceptors (Lipinski definition) is 6. The Balaban J connectivity index is 1.44. The largest absolute Gasteiger partial charge is 0.456 e. The average Bonchev–Trinajstić information content (AvgIpc) is 3.08. The number of para-hydroxylation sites is 1. The van der Waals surface area contributed by atoms with Gasteiger partial charge in [0, 0.05) is 6.42 Å². The van der Waals surface area contributed by atoms with Crippen LogP contribution in [0.15, 0.2) is 48.5 Å². The molecule has 2 amide bonds. The number of aryl methyl sites for hydroxylation is 1. The van der Waals surface area contributed by atoms with Gasteiger partial charge in [0.1, 0.15) is 0 Å². The van der Waals surface area contributed by atoms with Crippen LogP contribution in [0.1, 0.15) is 21.8 Å². The van der Waals surface area contributed by atoms with Gasteiger partial charge in [-0.2, -0.15) is 0 Å². The normalized spacial score (nSPS) is 10.6. The fourth-order valence-electron chi connectivity index (χ4n) is 2.33. The van der Waals surface area contributed by atoms with Crippen LogP contribution in [0.5, 0.6) is 0 Å². The molecule has 0 saturated heterocycles. The van der Waals surface area contributed by atoms with Crippen molar-refractivity contribution >= 4 is 50.9 Å². The van der Waals surface area contributed by atoms with Crippen LogP contribution in [-0.2, 0) is 20.7 Å². The summed E-state index contributed by atoms with van der Waals surface area (Å²) in [7, 11) is 0. The highest BCUT2D eigenvalue weighted by molar-refractivity contribution is 7.18. The summed E-state index contributed by atoms with van der Waals surface area (Å²) < 4.78 is 5.96. The summed E-state index contributed by atoms with van der Waals surface area (Å²) in [5.41, 5.74) is 1.07. The van der Waals surface area contributed by atoms with Gasteiger partial charge >= 0.3 is 5.97 Å². The van der Waals surface area contributed by atoms with E-state index in [2.05, 4.69) is 10.3 Å². The SMILES string of the molecule is O=C(COC(=O)CCc1nc2ccccc2s1)NC(=O)c1ccccc1Cl. The summed E-state index contributed by atoms with van der Waals surface area (Å²) in [6.45, 7) is -0.533. The van der Waals surface area contributed by atoms with Gasteiger partial charge in [-0.3, -0.25) is 19.7 Å². The zero-order chi connectivity index (χ0) is 19.2. The Morgan fingerprint density at radius 2 is 1.81 bits per heavy atom. The number of esters is 1. The number of rotatable bonds is 6. The molecule has 0 spiro atoms. The zero-order valence-corrected chi connectivity index (χ0v) is 15.7. The summed E-state index contributed by atoms with van der Waals surface area (Å²) >= 11 is 7.41. The third-order valence-corrected chi connectivity index (χ3v) is 5.04. The summed E-state index contributed by atoms with van der Waals surface area (Å²) in [6, 6.07) is 14.1. The molecule has 27 heavy (non-hydrogen) atoms. The van der Waals surface area contributed by atoms with Crippen molar-refractivity contribution < 1.29 is 19.1 Å². The van der Waals surface area contributed by atoms with E-state index >= 15 is 0 Å². The molecule has 2 aromatic carbocycles. The average molecular weight is 403 g/mol. The van der Waals surface area contributed by atoms with Crippen LogP contribution in [0.4, 0.5) is 0 Å². The van der Waals surface area contributed by atoms with Crippen LogP contribution in [0.3, 0.4) is 0 Å². The number of nitrogens with zero attached hydrogens (tertiary/aromatic N) is 1. The first kappa shape index (κ1) is 19.0. The molecule has 6 nitrogen and oxygen atoms in total. The molecule has 8 heteroatoms. The lowest BCUT2D eigenvalue weighted by Crippen LogP contribution is -2.34. The van der Waals surface area contributed by atoms with E-state index in [0.717, 1.165) is 15.2 Å². The fraction of sp³-hybridized carbons (Fsp3) is 0.158. The Morgan fingerprint density at radius 3 is 2.59 bits per heavy atom. The second-order valence-corrected chi connectivity index (χ2v) is 7.12. The van der Waals surface area contributed by atoms with Crippen LogP contribution in [-0.4, -0.2) is 29.4 Å². The van der Waals surface area contributed by atoms with Crippen molar-refractivity contribution in [2.45, 2.75) is 12.8 Å². The highest BCUT2D eigenvalue weighted by Crippen LogP contribution is 2.22. The number of fused-ring (bicyclic) bond motifs is 1. The number of carbonyl (C=O) groups is 3. The highest BCUT2D eigenvalue weighted by Gasteiger charge is 2.15. The maximum atomic E-state index is 12.0. The molecule has 1 heterocycles. The van der Waals surface area contributed by atoms with Crippen molar-refractivity contribution in [2.75, 3.05) is 6.61 Å². The van der Waals surface area contributed by atoms with E-state index in [0.29, 0.717) is 6.42 Å². The maximum absolute atomic E-state index is 12.0. The van der Waals surface area contributed by atoms with Gasteiger partial charge in [-0.05, 0) is 24.3 Å². The first-order chi connectivity index (χ1) is 13.0. The first-order valence-corrected chi connectivity index (χ1v) is 9.31. The van der Waals surface area contributed by atoms with E-state index in [1.54, 1.807) is 18.2 Å². The van der Waals surface area contributed by atoms with Gasteiger partial charge in [0.05, 0.1) is 32.2 Å². The molecule has 0 unspecified atom stereocenters. The van der Waals surface area contributed by atoms with Crippen LogP contribution < -0.4 is 5.32 Å². The highest BCUT2D eigenvalue weighted by atomic mass is 35.5. The number of benzene rings is 2. The molecule has 0 fully saturated rings. The number of imide groups is 1. The lowest BCUT2D eigenvalue weighted by atomic mass is 10.2. The van der Waals surface area contributed by atoms with E-state index in [1.807, 2.05) is 24.3 Å². The van der Waals surface area contributed by atoms with Crippen molar-refractivity contribution in [2.24, 2.45) is 0 Å². The number of thiazole rings is 1. The van der Waals surface area contributed by atoms with Crippen LogP contribution in [0.25, 0.3) is 10.2 Å². The Bertz CT molecular complexity index is 969. The topological polar surface area (TPSA) is 85.4 Å². The molecular formula is C19H15ClN2O4S. The lowest BCUT2D eigenvalue weighted by molar-refractivity contribution is -0.148. The summed E-state index contributed by atoms with van der Waals surface area (Å²) in [6.07, 6.45) is 0.532. The van der Waals surface area contributed by atoms with Crippen molar-refractivity contribution in [3.8, 4) is 0 Å². The van der Waals surface area contributed by atoms with E-state index in [1.165, 1.54) is 17.4 Å². The van der Waals surface area contributed by atoms with Crippen molar-refractivity contribution in [1.29, 1.82) is 0 Å². The summed E-state index contributed by atoms with van der Waals surface area (Å²) in [4.78, 5) is 40.0. The predicted octanol–water partition coefficient (Wildman–Crippen LogP) is 3.38. The van der Waals surface area contributed by atoms with Gasteiger partial charge in [0.15, 0.2) is 6.61 Å². The third-order valence-electron chi connectivity index (χ3n) is 3.62. The molecule has 0 aliphatic rings. The predicted molar refractivity (Wildman–Crippen MR) is 103 cm³/mol. The van der Waals surface area contributed by atoms with Gasteiger partial charge < -0.3 is 4.74 Å². The van der Waals surface area contributed by atoms with E-state index < -0.39 is 24.4 Å². The molecular weight excluding hydrogens is 388 g/mol. The van der Waals surface area contributed by atoms with Crippen LogP contribution in [0, 0.1) is 0 Å². The Labute approximate surface area is 164 Å². The fourth-order valence-corrected chi connectivity index (χ4v) is 3.52. The number of aromatic nitrogens is 1. The smallest absolute Gasteiger partial charge is 0.306 e. The molecule has 3 rings (SSSR count). The van der Waals surface area contributed by atoms with E-state index in [9.17, 15) is 14.4 Å². The maximum Gasteiger partial charge on any atom is 0.306 e. The molecule has 0 radical (unpaired) electrons. The number of carbonyl (C=O) groups excluding carboxylic acids is 3. The molecule has 0 bridgehead atoms. The van der Waals surface area contributed by atoms with Gasteiger partial charge in [-0.1, -0.05) is 35.9 Å². The number of halogens is 1. The third kappa shape index (κ3) is 5.12. The van der Waals surface area contributed by atoms with Crippen LogP contribution in [0.2, 0.25) is 5.02 Å². The monoisotopic (exact) mass is 402 g/mol. The second-order valence-electron chi connectivity index (χ2n) is 5.59. The van der Waals surface area contributed by atoms with Gasteiger partial charge in [-0.25, -0.2) is 4.98 Å². The van der Waals surface area contributed by atoms with E-state index in [4.69, 9.17) is 16.3 Å². The van der Waals surface area contributed by atoms with Crippen molar-refractivity contribution in [3.05, 3.63) is 64.1 Å². The van der Waals surface area contributed by atoms with Gasteiger partial charge in [0.2, 0.25) is 0 Å². The first-order valence-electron chi connectivity index (χ1n) is 8.11. The number of amides is 2. The second kappa shape index (κ2) is 8.75. The number of ether oxygens (including phenoxy) is 1. The molecule has 1 aromatic heterocycles. The number of nitrogens with one attached hydrogen (secondary N) is 1. The molecule has 0 aliphatic carbocycles. The minimum Gasteiger partial charge on any atom is -0.456 e. The Kier molecular flexibility index (Phi) is 6.16.